The van der Waals surface area contributed by atoms with Gasteiger partial charge in [0.2, 0.25) is 0 Å². The van der Waals surface area contributed by atoms with Crippen LogP contribution in [0.2, 0.25) is 0 Å². The van der Waals surface area contributed by atoms with Gasteiger partial charge in [0, 0.05) is 12.2 Å². The maximum absolute atomic E-state index is 11.2. The van der Waals surface area contributed by atoms with E-state index in [4.69, 9.17) is 0 Å². The van der Waals surface area contributed by atoms with Gasteiger partial charge >= 0.3 is 0 Å². The van der Waals surface area contributed by atoms with E-state index in [1.54, 1.807) is 25.6 Å². The molecule has 2 nitrogen and oxygen atoms in total. The van der Waals surface area contributed by atoms with Crippen molar-refractivity contribution < 1.29 is 9.59 Å². The van der Waals surface area contributed by atoms with Crippen LogP contribution in [0.15, 0.2) is 24.3 Å². The Kier molecular flexibility index (Phi) is 10.8. The van der Waals surface area contributed by atoms with E-state index in [1.807, 2.05) is 0 Å². The van der Waals surface area contributed by atoms with Crippen LogP contribution in [0.4, 0.5) is 0 Å². The second kappa shape index (κ2) is 12.2. The van der Waals surface area contributed by atoms with Gasteiger partial charge in [-0.1, -0.05) is 65.8 Å². The largest absolute Gasteiger partial charge is 0.300 e. The first kappa shape index (κ1) is 30.2. The third-order valence-corrected chi connectivity index (χ3v) is 7.25. The van der Waals surface area contributed by atoms with E-state index in [1.165, 1.54) is 38.9 Å². The summed E-state index contributed by atoms with van der Waals surface area (Å²) in [4.78, 5) is 22.1. The van der Waals surface area contributed by atoms with Gasteiger partial charge in [0.05, 0.1) is 5.75 Å². The fourth-order valence-electron chi connectivity index (χ4n) is 4.21. The Bertz CT molecular complexity index is 1020. The monoisotopic (exact) mass is 482 g/mol. The smallest absolute Gasteiger partial charge is 0.139 e. The standard InChI is InChI=1S/C16H24OS.C15H22O/c1-11-7-14(10-18-9-12(2)17)8-15(13(11)3)16(4,5)6;1-10-7-13(8-11(2)16)9-14(12(10)3)15(4,5)6/h7-8H,9-10H2,1-6H3;7,9H,8H2,1-6H3. The highest BCUT2D eigenvalue weighted by Gasteiger charge is 2.19. The highest BCUT2D eigenvalue weighted by molar-refractivity contribution is 7.99. The first-order valence-corrected chi connectivity index (χ1v) is 13.4. The minimum absolute atomic E-state index is 0.141. The summed E-state index contributed by atoms with van der Waals surface area (Å²) in [6.45, 7) is 25.3. The summed E-state index contributed by atoms with van der Waals surface area (Å²) in [7, 11) is 0. The Morgan fingerprint density at radius 1 is 0.676 bits per heavy atom. The SMILES string of the molecule is CC(=O)CSCc1cc(C)c(C)c(C(C)(C)C)c1.CC(=O)Cc1cc(C)c(C)c(C(C)(C)C)c1. The lowest BCUT2D eigenvalue weighted by Gasteiger charge is -2.24. The van der Waals surface area contributed by atoms with Crippen LogP contribution < -0.4 is 0 Å². The van der Waals surface area contributed by atoms with Crippen LogP contribution in [0.25, 0.3) is 0 Å². The number of ketones is 2. The van der Waals surface area contributed by atoms with Gasteiger partial charge in [-0.25, -0.2) is 0 Å². The molecule has 0 aliphatic rings. The normalized spacial score (nSPS) is 11.6. The molecule has 0 saturated carbocycles. The molecule has 0 amide bonds. The summed E-state index contributed by atoms with van der Waals surface area (Å²) in [6, 6.07) is 8.86. The molecular formula is C31H46O2S. The second-order valence-electron chi connectivity index (χ2n) is 11.7. The quantitative estimate of drug-likeness (QED) is 0.416. The van der Waals surface area contributed by atoms with Crippen molar-refractivity contribution in [3.8, 4) is 0 Å². The van der Waals surface area contributed by atoms with Gasteiger partial charge < -0.3 is 0 Å². The summed E-state index contributed by atoms with van der Waals surface area (Å²) < 4.78 is 0. The molecule has 0 bridgehead atoms. The number of carbonyl (C=O) groups excluding carboxylic acids is 2. The summed E-state index contributed by atoms with van der Waals surface area (Å²) in [5.74, 6) is 2.00. The van der Waals surface area contributed by atoms with E-state index in [9.17, 15) is 9.59 Å². The molecule has 0 saturated heterocycles. The molecule has 188 valence electrons. The van der Waals surface area contributed by atoms with Crippen molar-refractivity contribution in [3.63, 3.8) is 0 Å². The number of aryl methyl sites for hydroxylation is 2. The predicted octanol–water partition coefficient (Wildman–Crippen LogP) is 8.16. The molecule has 2 aromatic carbocycles. The van der Waals surface area contributed by atoms with Crippen molar-refractivity contribution in [1.82, 2.24) is 0 Å². The Morgan fingerprint density at radius 2 is 1.09 bits per heavy atom. The zero-order valence-corrected chi connectivity index (χ0v) is 24.5. The topological polar surface area (TPSA) is 34.1 Å². The van der Waals surface area contributed by atoms with Crippen LogP contribution in [-0.2, 0) is 32.6 Å². The third kappa shape index (κ3) is 9.41. The van der Waals surface area contributed by atoms with Gasteiger partial charge in [-0.05, 0) is 96.9 Å². The summed E-state index contributed by atoms with van der Waals surface area (Å²) in [6.07, 6.45) is 0.546. The molecule has 0 aliphatic heterocycles. The Morgan fingerprint density at radius 3 is 1.47 bits per heavy atom. The molecule has 0 aliphatic carbocycles. The molecule has 0 spiro atoms. The average Bonchev–Trinajstić information content (AvgIpc) is 2.65. The van der Waals surface area contributed by atoms with Gasteiger partial charge in [0.25, 0.3) is 0 Å². The van der Waals surface area contributed by atoms with Crippen LogP contribution >= 0.6 is 11.8 Å². The third-order valence-electron chi connectivity index (χ3n) is 6.10. The number of thioether (sulfide) groups is 1. The first-order chi connectivity index (χ1) is 15.4. The van der Waals surface area contributed by atoms with E-state index in [0.29, 0.717) is 12.2 Å². The van der Waals surface area contributed by atoms with E-state index in [0.717, 1.165) is 11.3 Å². The molecule has 0 atom stereocenters. The van der Waals surface area contributed by atoms with E-state index < -0.39 is 0 Å². The Labute approximate surface area is 213 Å². The summed E-state index contributed by atoms with van der Waals surface area (Å²) in [5.41, 5.74) is 10.9. The zero-order chi connectivity index (χ0) is 26.4. The van der Waals surface area contributed by atoms with Crippen molar-refractivity contribution in [3.05, 3.63) is 68.8 Å². The summed E-state index contributed by atoms with van der Waals surface area (Å²) >= 11 is 1.70. The minimum Gasteiger partial charge on any atom is -0.300 e. The first-order valence-electron chi connectivity index (χ1n) is 12.2. The molecule has 34 heavy (non-hydrogen) atoms. The van der Waals surface area contributed by atoms with Crippen LogP contribution in [0.5, 0.6) is 0 Å². The number of benzene rings is 2. The lowest BCUT2D eigenvalue weighted by Crippen LogP contribution is -2.15. The maximum atomic E-state index is 11.2. The molecule has 0 N–H and O–H groups in total. The molecule has 0 aromatic heterocycles. The minimum atomic E-state index is 0.141. The maximum Gasteiger partial charge on any atom is 0.139 e. The number of rotatable bonds is 6. The number of carbonyl (C=O) groups is 2. The number of hydrogen-bond donors (Lipinski definition) is 0. The predicted molar refractivity (Wildman–Crippen MR) is 150 cm³/mol. The van der Waals surface area contributed by atoms with Gasteiger partial charge in [-0.3, -0.25) is 9.59 Å². The highest BCUT2D eigenvalue weighted by atomic mass is 32.2. The molecule has 2 rings (SSSR count). The van der Waals surface area contributed by atoms with Crippen LogP contribution in [-0.4, -0.2) is 17.3 Å². The highest BCUT2D eigenvalue weighted by Crippen LogP contribution is 2.30. The Balaban J connectivity index is 0.000000342. The number of hydrogen-bond acceptors (Lipinski definition) is 3. The van der Waals surface area contributed by atoms with E-state index in [2.05, 4.69) is 93.5 Å². The Hall–Kier alpha value is -1.87. The van der Waals surface area contributed by atoms with Crippen LogP contribution in [0.3, 0.4) is 0 Å². The molecule has 3 heteroatoms. The van der Waals surface area contributed by atoms with Gasteiger partial charge in [-0.15, -0.1) is 11.8 Å². The van der Waals surface area contributed by atoms with Crippen molar-refractivity contribution >= 4 is 23.3 Å². The van der Waals surface area contributed by atoms with Crippen LogP contribution in [0, 0.1) is 27.7 Å². The van der Waals surface area contributed by atoms with Gasteiger partial charge in [0.1, 0.15) is 11.6 Å². The lowest BCUT2D eigenvalue weighted by molar-refractivity contribution is -0.116. The van der Waals surface area contributed by atoms with Gasteiger partial charge in [0.15, 0.2) is 0 Å². The van der Waals surface area contributed by atoms with Crippen molar-refractivity contribution in [2.24, 2.45) is 0 Å². The molecule has 0 unspecified atom stereocenters. The average molecular weight is 483 g/mol. The molecule has 0 radical (unpaired) electrons. The van der Waals surface area contributed by atoms with E-state index >= 15 is 0 Å². The van der Waals surface area contributed by atoms with Crippen molar-refractivity contribution in [1.29, 1.82) is 0 Å². The fraction of sp³-hybridized carbons (Fsp3) is 0.548. The van der Waals surface area contributed by atoms with Crippen molar-refractivity contribution in [2.45, 2.75) is 106 Å². The van der Waals surface area contributed by atoms with Crippen LogP contribution in [0.1, 0.15) is 99.9 Å². The summed E-state index contributed by atoms with van der Waals surface area (Å²) in [5, 5.41) is 0. The number of Topliss-reactive ketones (excluding diaryl/α,β-unsaturated/α-hetero) is 2. The lowest BCUT2D eigenvalue weighted by atomic mass is 9.81. The molecule has 2 aromatic rings. The zero-order valence-electron chi connectivity index (χ0n) is 23.7. The molecule has 0 fully saturated rings. The second-order valence-corrected chi connectivity index (χ2v) is 12.7. The van der Waals surface area contributed by atoms with E-state index in [-0.39, 0.29) is 22.4 Å². The fourth-order valence-corrected chi connectivity index (χ4v) is 5.00. The van der Waals surface area contributed by atoms with Gasteiger partial charge in [-0.2, -0.15) is 0 Å². The molecular weight excluding hydrogens is 436 g/mol. The molecule has 0 heterocycles. The van der Waals surface area contributed by atoms with Crippen molar-refractivity contribution in [2.75, 3.05) is 5.75 Å².